The van der Waals surface area contributed by atoms with Gasteiger partial charge in [-0.05, 0) is 42.7 Å². The molecule has 2 fully saturated rings. The first-order valence-electron chi connectivity index (χ1n) is 15.9. The van der Waals surface area contributed by atoms with Crippen molar-refractivity contribution in [1.82, 2.24) is 4.90 Å². The Morgan fingerprint density at radius 3 is 2.38 bits per heavy atom. The van der Waals surface area contributed by atoms with Gasteiger partial charge in [-0.2, -0.15) is 8.42 Å². The van der Waals surface area contributed by atoms with Gasteiger partial charge in [0.2, 0.25) is 0 Å². The van der Waals surface area contributed by atoms with Crippen LogP contribution < -0.4 is 14.4 Å². The molecule has 0 saturated carbocycles. The first-order chi connectivity index (χ1) is 22.7. The molecule has 3 atom stereocenters. The number of carbonyl (C=O) groups is 1. The van der Waals surface area contributed by atoms with E-state index in [-0.39, 0.29) is 18.6 Å². The maximum absolute atomic E-state index is 11.9. The maximum atomic E-state index is 11.9. The molecule has 47 heavy (non-hydrogen) atoms. The van der Waals surface area contributed by atoms with Crippen LogP contribution >= 0.6 is 0 Å². The van der Waals surface area contributed by atoms with E-state index in [1.807, 2.05) is 72.8 Å². The van der Waals surface area contributed by atoms with Gasteiger partial charge in [0, 0.05) is 48.8 Å². The summed E-state index contributed by atoms with van der Waals surface area (Å²) in [6.07, 6.45) is 1.36. The standard InChI is InChI=1S/C35H44N2O9S/c1-42-33-11-6-4-9-28(33)24-43-20-7-21-44-29-14-12-26(13-15-29)31-17-19-37(35(38)39)23-34(31)45-25-27-8-3-5-10-32(27)36-18-16-30(22-36)46-47(2,40)41/h3-6,8-15,30-31,34H,7,16-25H2,1-2H3,(H,38,39)/t30-,31?,34?/m0/s1. The van der Waals surface area contributed by atoms with Gasteiger partial charge in [-0.25, -0.2) is 4.79 Å². The number of ether oxygens (including phenoxy) is 4. The molecule has 0 aromatic heterocycles. The number of methoxy groups -OCH3 is 1. The molecule has 2 saturated heterocycles. The highest BCUT2D eigenvalue weighted by atomic mass is 32.2. The second-order valence-corrected chi connectivity index (χ2v) is 13.5. The van der Waals surface area contributed by atoms with Gasteiger partial charge in [0.05, 0.1) is 58.5 Å². The van der Waals surface area contributed by atoms with Crippen molar-refractivity contribution >= 4 is 21.9 Å². The van der Waals surface area contributed by atoms with E-state index in [9.17, 15) is 18.3 Å². The Morgan fingerprint density at radius 1 is 0.894 bits per heavy atom. The lowest BCUT2D eigenvalue weighted by atomic mass is 9.87. The van der Waals surface area contributed by atoms with Crippen LogP contribution in [-0.2, 0) is 37.0 Å². The van der Waals surface area contributed by atoms with Gasteiger partial charge in [-0.15, -0.1) is 0 Å². The van der Waals surface area contributed by atoms with Crippen LogP contribution in [0.2, 0.25) is 0 Å². The number of para-hydroxylation sites is 2. The summed E-state index contributed by atoms with van der Waals surface area (Å²) < 4.78 is 52.1. The highest BCUT2D eigenvalue weighted by Gasteiger charge is 2.34. The van der Waals surface area contributed by atoms with E-state index in [1.54, 1.807) is 7.11 Å². The van der Waals surface area contributed by atoms with Gasteiger partial charge < -0.3 is 33.9 Å². The molecule has 1 amide bonds. The molecule has 5 rings (SSSR count). The van der Waals surface area contributed by atoms with E-state index in [2.05, 4.69) is 4.90 Å². The van der Waals surface area contributed by atoms with Crippen molar-refractivity contribution in [3.8, 4) is 11.5 Å². The van der Waals surface area contributed by atoms with E-state index in [1.165, 1.54) is 4.90 Å². The van der Waals surface area contributed by atoms with E-state index >= 15 is 0 Å². The Morgan fingerprint density at radius 2 is 1.64 bits per heavy atom. The third-order valence-corrected chi connectivity index (χ3v) is 9.15. The van der Waals surface area contributed by atoms with Gasteiger partial charge in [0.25, 0.3) is 10.1 Å². The Balaban J connectivity index is 1.15. The van der Waals surface area contributed by atoms with E-state index < -0.39 is 22.3 Å². The van der Waals surface area contributed by atoms with Crippen molar-refractivity contribution in [3.63, 3.8) is 0 Å². The SMILES string of the molecule is COc1ccccc1COCCCOc1ccc(C2CCN(C(=O)O)CC2OCc2ccccc2N2CC[C@H](OS(C)(=O)=O)C2)cc1. The molecule has 0 bridgehead atoms. The van der Waals surface area contributed by atoms with Crippen molar-refractivity contribution in [3.05, 3.63) is 89.5 Å². The van der Waals surface area contributed by atoms with Crippen molar-refractivity contribution in [1.29, 1.82) is 0 Å². The van der Waals surface area contributed by atoms with Crippen LogP contribution in [0.5, 0.6) is 11.5 Å². The second-order valence-electron chi connectivity index (χ2n) is 11.9. The molecule has 2 aliphatic rings. The number of piperidine rings is 1. The lowest BCUT2D eigenvalue weighted by Gasteiger charge is -2.37. The van der Waals surface area contributed by atoms with E-state index in [0.29, 0.717) is 58.9 Å². The van der Waals surface area contributed by atoms with E-state index in [0.717, 1.165) is 46.6 Å². The third kappa shape index (κ3) is 9.83. The molecule has 3 aromatic carbocycles. The number of hydrogen-bond donors (Lipinski definition) is 1. The average molecular weight is 669 g/mol. The Labute approximate surface area is 277 Å². The molecule has 2 unspecified atom stereocenters. The Kier molecular flexibility index (Phi) is 12.0. The first kappa shape index (κ1) is 34.5. The number of carboxylic acid groups (broad SMARTS) is 1. The van der Waals surface area contributed by atoms with Gasteiger partial charge in [0.1, 0.15) is 11.5 Å². The van der Waals surface area contributed by atoms with Crippen molar-refractivity contribution in [2.24, 2.45) is 0 Å². The lowest BCUT2D eigenvalue weighted by molar-refractivity contribution is -0.0198. The minimum atomic E-state index is -3.54. The van der Waals surface area contributed by atoms with Crippen LogP contribution in [0.1, 0.15) is 41.9 Å². The zero-order valence-electron chi connectivity index (χ0n) is 27.0. The molecule has 0 aliphatic carbocycles. The number of likely N-dealkylation sites (tertiary alicyclic amines) is 1. The summed E-state index contributed by atoms with van der Waals surface area (Å²) in [6, 6.07) is 23.6. The van der Waals surface area contributed by atoms with Gasteiger partial charge >= 0.3 is 6.09 Å². The minimum Gasteiger partial charge on any atom is -0.496 e. The molecular weight excluding hydrogens is 624 g/mol. The van der Waals surface area contributed by atoms with Gasteiger partial charge in [0.15, 0.2) is 0 Å². The molecule has 3 aromatic rings. The predicted molar refractivity (Wildman–Crippen MR) is 178 cm³/mol. The molecule has 1 N–H and O–H groups in total. The number of benzene rings is 3. The molecule has 2 heterocycles. The number of nitrogens with zero attached hydrogens (tertiary/aromatic N) is 2. The third-order valence-electron chi connectivity index (χ3n) is 8.53. The quantitative estimate of drug-likeness (QED) is 0.169. The first-order valence-corrected chi connectivity index (χ1v) is 17.7. The largest absolute Gasteiger partial charge is 0.496 e. The predicted octanol–water partition coefficient (Wildman–Crippen LogP) is 5.29. The average Bonchev–Trinajstić information content (AvgIpc) is 3.52. The fourth-order valence-electron chi connectivity index (χ4n) is 6.22. The molecular formula is C35H44N2O9S. The molecule has 0 spiro atoms. The number of amides is 1. The van der Waals surface area contributed by atoms with Crippen LogP contribution in [0.25, 0.3) is 0 Å². The number of rotatable bonds is 15. The van der Waals surface area contributed by atoms with Crippen molar-refractivity contribution in [2.75, 3.05) is 57.7 Å². The normalized spacial score (nSPS) is 19.9. The van der Waals surface area contributed by atoms with Crippen LogP contribution in [0.15, 0.2) is 72.8 Å². The topological polar surface area (TPSA) is 124 Å². The fraction of sp³-hybridized carbons (Fsp3) is 0.457. The second kappa shape index (κ2) is 16.3. The summed E-state index contributed by atoms with van der Waals surface area (Å²) in [5.74, 6) is 1.58. The molecule has 11 nitrogen and oxygen atoms in total. The Hall–Kier alpha value is -3.84. The Bertz CT molecular complexity index is 1570. The fourth-order valence-corrected chi connectivity index (χ4v) is 6.87. The lowest BCUT2D eigenvalue weighted by Crippen LogP contribution is -2.46. The molecule has 254 valence electrons. The summed E-state index contributed by atoms with van der Waals surface area (Å²) in [7, 11) is -1.88. The molecule has 12 heteroatoms. The summed E-state index contributed by atoms with van der Waals surface area (Å²) in [6.45, 7) is 3.68. The summed E-state index contributed by atoms with van der Waals surface area (Å²) in [5.41, 5.74) is 3.99. The van der Waals surface area contributed by atoms with Crippen LogP contribution in [0.4, 0.5) is 10.5 Å². The van der Waals surface area contributed by atoms with Gasteiger partial charge in [-0.3, -0.25) is 4.18 Å². The number of hydrogen-bond acceptors (Lipinski definition) is 9. The van der Waals surface area contributed by atoms with E-state index in [4.69, 9.17) is 23.1 Å². The van der Waals surface area contributed by atoms with Crippen molar-refractivity contribution in [2.45, 2.75) is 50.6 Å². The zero-order chi connectivity index (χ0) is 33.2. The van der Waals surface area contributed by atoms with Crippen LogP contribution in [0, 0.1) is 0 Å². The monoisotopic (exact) mass is 668 g/mol. The van der Waals surface area contributed by atoms with Crippen LogP contribution in [-0.4, -0.2) is 89.5 Å². The highest BCUT2D eigenvalue weighted by molar-refractivity contribution is 7.86. The maximum Gasteiger partial charge on any atom is 0.407 e. The minimum absolute atomic E-state index is 0.00881. The summed E-state index contributed by atoms with van der Waals surface area (Å²) in [4.78, 5) is 15.4. The molecule has 2 aliphatic heterocycles. The molecule has 0 radical (unpaired) electrons. The smallest absolute Gasteiger partial charge is 0.407 e. The summed E-state index contributed by atoms with van der Waals surface area (Å²) in [5, 5.41) is 9.72. The summed E-state index contributed by atoms with van der Waals surface area (Å²) >= 11 is 0. The van der Waals surface area contributed by atoms with Crippen LogP contribution in [0.3, 0.4) is 0 Å². The van der Waals surface area contributed by atoms with Gasteiger partial charge in [-0.1, -0.05) is 48.5 Å². The zero-order valence-corrected chi connectivity index (χ0v) is 27.8. The van der Waals surface area contributed by atoms with Crippen molar-refractivity contribution < 1.29 is 41.4 Å². The number of anilines is 1. The highest BCUT2D eigenvalue weighted by Crippen LogP contribution is 2.34.